The fourth-order valence-corrected chi connectivity index (χ4v) is 4.31. The first-order valence-corrected chi connectivity index (χ1v) is 9.38. The molecule has 3 fully saturated rings. The molecule has 2 N–H and O–H groups in total. The molecule has 3 aliphatic rings. The number of aliphatic hydroxyl groups is 1. The predicted molar refractivity (Wildman–Crippen MR) is 99.1 cm³/mol. The van der Waals surface area contributed by atoms with Gasteiger partial charge in [-0.15, -0.1) is 0 Å². The lowest BCUT2D eigenvalue weighted by Gasteiger charge is -2.47. The van der Waals surface area contributed by atoms with Crippen LogP contribution >= 0.6 is 0 Å². The maximum absolute atomic E-state index is 13.1. The van der Waals surface area contributed by atoms with Gasteiger partial charge in [-0.05, 0) is 38.3 Å². The van der Waals surface area contributed by atoms with E-state index in [0.717, 1.165) is 16.9 Å². The van der Waals surface area contributed by atoms with Crippen LogP contribution in [-0.4, -0.2) is 62.9 Å². The summed E-state index contributed by atoms with van der Waals surface area (Å²) in [5.74, 6) is -3.34. The monoisotopic (exact) mass is 385 g/mol. The van der Waals surface area contributed by atoms with Crippen LogP contribution in [0.2, 0.25) is 0 Å². The van der Waals surface area contributed by atoms with Crippen LogP contribution in [0.5, 0.6) is 0 Å². The molecule has 0 aliphatic carbocycles. The van der Waals surface area contributed by atoms with Crippen molar-refractivity contribution in [2.75, 3.05) is 6.54 Å². The maximum Gasteiger partial charge on any atom is 0.280 e. The quantitative estimate of drug-likeness (QED) is 0.736. The first-order chi connectivity index (χ1) is 13.3. The van der Waals surface area contributed by atoms with E-state index in [4.69, 9.17) is 4.74 Å². The molecule has 1 aromatic carbocycles. The third-order valence-electron chi connectivity index (χ3n) is 5.63. The predicted octanol–water partition coefficient (Wildman–Crippen LogP) is 0.430. The van der Waals surface area contributed by atoms with E-state index >= 15 is 0 Å². The summed E-state index contributed by atoms with van der Waals surface area (Å²) in [4.78, 5) is 40.7. The van der Waals surface area contributed by atoms with Gasteiger partial charge in [0.1, 0.15) is 12.1 Å². The Balaban J connectivity index is 1.57. The number of nitrogens with zero attached hydrogens (tertiary/aromatic N) is 2. The third-order valence-corrected chi connectivity index (χ3v) is 5.63. The number of rotatable bonds is 3. The highest BCUT2D eigenvalue weighted by atomic mass is 16.7. The summed E-state index contributed by atoms with van der Waals surface area (Å²) in [5.41, 5.74) is -0.932. The first-order valence-electron chi connectivity index (χ1n) is 9.38. The molecule has 0 spiro atoms. The van der Waals surface area contributed by atoms with Crippen LogP contribution in [0.1, 0.15) is 32.3 Å². The van der Waals surface area contributed by atoms with Crippen LogP contribution in [0.3, 0.4) is 0 Å². The van der Waals surface area contributed by atoms with Crippen molar-refractivity contribution in [2.24, 2.45) is 0 Å². The van der Waals surface area contributed by atoms with Gasteiger partial charge in [0.15, 0.2) is 0 Å². The van der Waals surface area contributed by atoms with Gasteiger partial charge >= 0.3 is 0 Å². The van der Waals surface area contributed by atoms with Gasteiger partial charge in [0, 0.05) is 12.6 Å². The molecular weight excluding hydrogens is 362 g/mol. The molecule has 3 aliphatic heterocycles. The molecule has 0 unspecified atom stereocenters. The molecule has 1 aromatic rings. The average Bonchev–Trinajstić information content (AvgIpc) is 3.23. The van der Waals surface area contributed by atoms with Gasteiger partial charge in [0.25, 0.3) is 11.8 Å². The molecule has 0 saturated carbocycles. The van der Waals surface area contributed by atoms with Gasteiger partial charge in [-0.25, -0.2) is 0 Å². The summed E-state index contributed by atoms with van der Waals surface area (Å²) in [6, 6.07) is 7.74. The van der Waals surface area contributed by atoms with E-state index in [2.05, 4.69) is 5.32 Å². The molecular formula is C20H23N3O5. The Morgan fingerprint density at radius 2 is 2.04 bits per heavy atom. The minimum Gasteiger partial charge on any atom is -0.347 e. The maximum atomic E-state index is 13.1. The minimum absolute atomic E-state index is 0.219. The topological polar surface area (TPSA) is 99.2 Å². The van der Waals surface area contributed by atoms with Crippen molar-refractivity contribution in [1.29, 1.82) is 0 Å². The van der Waals surface area contributed by atoms with E-state index in [1.807, 2.05) is 30.3 Å². The molecule has 8 heteroatoms. The molecule has 4 atom stereocenters. The SMILES string of the molecule is C[C@@H]1C(=O)N2CCC[C@H]2[C@]2(O)O[C@@](C)(NC(=O)/C=C/c3ccccc3)C(=O)N12. The second-order valence-electron chi connectivity index (χ2n) is 7.57. The second-order valence-corrected chi connectivity index (χ2v) is 7.57. The van der Waals surface area contributed by atoms with Crippen molar-refractivity contribution < 1.29 is 24.2 Å². The smallest absolute Gasteiger partial charge is 0.280 e. The van der Waals surface area contributed by atoms with Gasteiger partial charge < -0.3 is 15.3 Å². The summed E-state index contributed by atoms with van der Waals surface area (Å²) in [5, 5.41) is 13.8. The van der Waals surface area contributed by atoms with E-state index in [9.17, 15) is 19.5 Å². The van der Waals surface area contributed by atoms with Crippen LogP contribution in [-0.2, 0) is 19.1 Å². The number of benzene rings is 1. The Labute approximate surface area is 162 Å². The number of carbonyl (C=O) groups excluding carboxylic acids is 3. The lowest BCUT2D eigenvalue weighted by molar-refractivity contribution is -0.314. The Bertz CT molecular complexity index is 857. The Morgan fingerprint density at radius 1 is 1.32 bits per heavy atom. The first kappa shape index (κ1) is 18.6. The van der Waals surface area contributed by atoms with Gasteiger partial charge in [-0.1, -0.05) is 30.3 Å². The molecule has 8 nitrogen and oxygen atoms in total. The number of nitrogens with one attached hydrogen (secondary N) is 1. The average molecular weight is 385 g/mol. The second kappa shape index (κ2) is 6.42. The normalized spacial score (nSPS) is 34.7. The summed E-state index contributed by atoms with van der Waals surface area (Å²) in [6.45, 7) is 3.48. The lowest BCUT2D eigenvalue weighted by atomic mass is 10.0. The molecule has 0 radical (unpaired) electrons. The zero-order valence-corrected chi connectivity index (χ0v) is 15.8. The molecule has 3 amide bonds. The number of hydrogen-bond acceptors (Lipinski definition) is 5. The zero-order valence-electron chi connectivity index (χ0n) is 15.8. The van der Waals surface area contributed by atoms with Crippen molar-refractivity contribution in [3.05, 3.63) is 42.0 Å². The largest absolute Gasteiger partial charge is 0.347 e. The summed E-state index contributed by atoms with van der Waals surface area (Å²) in [7, 11) is 0. The van der Waals surface area contributed by atoms with Crippen LogP contribution in [0, 0.1) is 0 Å². The highest BCUT2D eigenvalue weighted by Gasteiger charge is 2.69. The third kappa shape index (κ3) is 2.71. The zero-order chi connectivity index (χ0) is 20.1. The summed E-state index contributed by atoms with van der Waals surface area (Å²) >= 11 is 0. The molecule has 0 aromatic heterocycles. The van der Waals surface area contributed by atoms with Crippen molar-refractivity contribution in [3.8, 4) is 0 Å². The number of hydrogen-bond donors (Lipinski definition) is 2. The van der Waals surface area contributed by atoms with Gasteiger partial charge in [-0.2, -0.15) is 0 Å². The molecule has 4 rings (SSSR count). The minimum atomic E-state index is -1.95. The van der Waals surface area contributed by atoms with Crippen LogP contribution in [0.25, 0.3) is 6.08 Å². The Kier molecular flexibility index (Phi) is 4.28. The van der Waals surface area contributed by atoms with Crippen LogP contribution < -0.4 is 5.32 Å². The van der Waals surface area contributed by atoms with Crippen molar-refractivity contribution >= 4 is 23.8 Å². The van der Waals surface area contributed by atoms with E-state index in [-0.39, 0.29) is 5.91 Å². The number of carbonyl (C=O) groups is 3. The fraction of sp³-hybridized carbons (Fsp3) is 0.450. The Hall–Kier alpha value is -2.71. The molecule has 3 saturated heterocycles. The van der Waals surface area contributed by atoms with Crippen molar-refractivity contribution in [1.82, 2.24) is 15.1 Å². The highest BCUT2D eigenvalue weighted by molar-refractivity contribution is 5.99. The van der Waals surface area contributed by atoms with E-state index in [0.29, 0.717) is 13.0 Å². The standard InChI is InChI=1S/C20H23N3O5/c1-13-17(25)22-12-6-9-15(22)20(27)23(13)18(26)19(2,28-20)21-16(24)11-10-14-7-4-3-5-8-14/h3-5,7-8,10-11,13,15,27H,6,9,12H2,1-2H3,(H,21,24)/b11-10+/t13-,15+,19-,20+/m1/s1. The van der Waals surface area contributed by atoms with Crippen LogP contribution in [0.15, 0.2) is 36.4 Å². The van der Waals surface area contributed by atoms with Gasteiger partial charge in [0.05, 0.1) is 0 Å². The number of piperazine rings is 1. The van der Waals surface area contributed by atoms with Crippen molar-refractivity contribution in [2.45, 2.75) is 50.4 Å². The highest BCUT2D eigenvalue weighted by Crippen LogP contribution is 2.44. The molecule has 3 heterocycles. The van der Waals surface area contributed by atoms with E-state index < -0.39 is 35.5 Å². The number of ether oxygens (including phenoxy) is 1. The van der Waals surface area contributed by atoms with Gasteiger partial charge in [-0.3, -0.25) is 24.0 Å². The van der Waals surface area contributed by atoms with Crippen molar-refractivity contribution in [3.63, 3.8) is 0 Å². The lowest BCUT2D eigenvalue weighted by Crippen LogP contribution is -2.70. The van der Waals surface area contributed by atoms with E-state index in [1.165, 1.54) is 13.0 Å². The van der Waals surface area contributed by atoms with Gasteiger partial charge in [0.2, 0.25) is 17.5 Å². The van der Waals surface area contributed by atoms with E-state index in [1.54, 1.807) is 17.9 Å². The number of fused-ring (bicyclic) bond motifs is 3. The fourth-order valence-electron chi connectivity index (χ4n) is 4.31. The molecule has 28 heavy (non-hydrogen) atoms. The Morgan fingerprint density at radius 3 is 2.75 bits per heavy atom. The molecule has 0 bridgehead atoms. The summed E-state index contributed by atoms with van der Waals surface area (Å²) in [6.07, 6.45) is 4.16. The molecule has 148 valence electrons. The van der Waals surface area contributed by atoms with Crippen LogP contribution in [0.4, 0.5) is 0 Å². The summed E-state index contributed by atoms with van der Waals surface area (Å²) < 4.78 is 5.78. The number of amides is 3.